The zero-order valence-corrected chi connectivity index (χ0v) is 28.8. The van der Waals surface area contributed by atoms with E-state index in [-0.39, 0.29) is 27.0 Å². The van der Waals surface area contributed by atoms with Crippen molar-refractivity contribution in [2.45, 2.75) is 128 Å². The fourth-order valence-corrected chi connectivity index (χ4v) is 14.7. The van der Waals surface area contributed by atoms with Crippen LogP contribution in [0.15, 0.2) is 0 Å². The Bertz CT molecular complexity index is 563. The van der Waals surface area contributed by atoms with Gasteiger partial charge in [-0.05, 0) is 72.6 Å². The highest BCUT2D eigenvalue weighted by molar-refractivity contribution is 7.85. The summed E-state index contributed by atoms with van der Waals surface area (Å²) < 4.78 is 39.6. The van der Waals surface area contributed by atoms with Crippen LogP contribution in [0.5, 0.6) is 0 Å². The summed E-state index contributed by atoms with van der Waals surface area (Å²) in [6.45, 7) is 20.1. The molecule has 4 unspecified atom stereocenters. The second-order valence-electron chi connectivity index (χ2n) is 10.0. The first-order chi connectivity index (χ1) is 17.7. The molecule has 0 spiro atoms. The van der Waals surface area contributed by atoms with E-state index in [0.717, 1.165) is 44.9 Å². The SMILES string of the molecule is CCCC(S)C(S)CC(C1(C(C)[Si](OCC)(OCC)OCC)CCCCC1)[Si](OCC)(OCC)OCC. The van der Waals surface area contributed by atoms with Gasteiger partial charge in [0, 0.05) is 61.2 Å². The Labute approximate surface area is 242 Å². The predicted octanol–water partition coefficient (Wildman–Crippen LogP) is 7.58. The molecule has 222 valence electrons. The monoisotopic (exact) mass is 598 g/mol. The van der Waals surface area contributed by atoms with Crippen LogP contribution >= 0.6 is 25.3 Å². The molecule has 6 nitrogen and oxygen atoms in total. The van der Waals surface area contributed by atoms with Crippen LogP contribution in [-0.2, 0) is 26.6 Å². The first-order valence-corrected chi connectivity index (χ1v) is 19.6. The molecule has 1 rings (SSSR count). The molecule has 1 fully saturated rings. The normalized spacial score (nSPS) is 19.9. The van der Waals surface area contributed by atoms with Gasteiger partial charge in [0.2, 0.25) is 0 Å². The summed E-state index contributed by atoms with van der Waals surface area (Å²) in [6.07, 6.45) is 8.56. The summed E-state index contributed by atoms with van der Waals surface area (Å²) in [5, 5.41) is 0.283. The van der Waals surface area contributed by atoms with Gasteiger partial charge in [0.25, 0.3) is 0 Å². The molecule has 0 aromatic rings. The minimum Gasteiger partial charge on any atom is -0.374 e. The Balaban J connectivity index is 3.86. The highest BCUT2D eigenvalue weighted by Gasteiger charge is 2.66. The molecule has 0 amide bonds. The van der Waals surface area contributed by atoms with Crippen LogP contribution in [0.25, 0.3) is 0 Å². The van der Waals surface area contributed by atoms with Crippen LogP contribution in [0.1, 0.15) is 107 Å². The lowest BCUT2D eigenvalue weighted by molar-refractivity contribution is 0.00000349. The molecule has 0 bridgehead atoms. The van der Waals surface area contributed by atoms with Crippen molar-refractivity contribution in [1.82, 2.24) is 0 Å². The molecule has 0 radical (unpaired) electrons. The van der Waals surface area contributed by atoms with Gasteiger partial charge >= 0.3 is 17.6 Å². The minimum atomic E-state index is -3.15. The molecule has 0 aromatic carbocycles. The van der Waals surface area contributed by atoms with Crippen LogP contribution in [0, 0.1) is 5.41 Å². The molecule has 1 aliphatic carbocycles. The third kappa shape index (κ3) is 9.20. The van der Waals surface area contributed by atoms with Gasteiger partial charge in [-0.2, -0.15) is 25.3 Å². The first-order valence-electron chi connectivity index (χ1n) is 14.9. The van der Waals surface area contributed by atoms with E-state index in [1.807, 2.05) is 41.5 Å². The summed E-state index contributed by atoms with van der Waals surface area (Å²) in [5.41, 5.74) is -0.0722. The van der Waals surface area contributed by atoms with Gasteiger partial charge in [-0.25, -0.2) is 0 Å². The van der Waals surface area contributed by atoms with Crippen molar-refractivity contribution >= 4 is 42.9 Å². The van der Waals surface area contributed by atoms with Gasteiger partial charge < -0.3 is 26.6 Å². The molecule has 0 heterocycles. The maximum Gasteiger partial charge on any atom is 0.504 e. The lowest BCUT2D eigenvalue weighted by atomic mass is 9.68. The third-order valence-electron chi connectivity index (χ3n) is 7.88. The minimum absolute atomic E-state index is 0.0393. The van der Waals surface area contributed by atoms with Gasteiger partial charge in [-0.15, -0.1) is 0 Å². The molecule has 0 aromatic heterocycles. The van der Waals surface area contributed by atoms with Crippen LogP contribution in [0.3, 0.4) is 0 Å². The van der Waals surface area contributed by atoms with Crippen molar-refractivity contribution in [3.8, 4) is 0 Å². The quantitative estimate of drug-likeness (QED) is 0.105. The van der Waals surface area contributed by atoms with Gasteiger partial charge in [0.1, 0.15) is 0 Å². The van der Waals surface area contributed by atoms with Crippen molar-refractivity contribution in [3.63, 3.8) is 0 Å². The lowest BCUT2D eigenvalue weighted by Gasteiger charge is -2.55. The van der Waals surface area contributed by atoms with Crippen molar-refractivity contribution in [3.05, 3.63) is 0 Å². The van der Waals surface area contributed by atoms with E-state index >= 15 is 0 Å². The lowest BCUT2D eigenvalue weighted by Crippen LogP contribution is -2.62. The smallest absolute Gasteiger partial charge is 0.374 e. The van der Waals surface area contributed by atoms with E-state index in [2.05, 4.69) is 13.8 Å². The molecule has 1 aliphatic rings. The summed E-state index contributed by atoms with van der Waals surface area (Å²) in [7, 11) is -6.20. The number of thiol groups is 2. The average Bonchev–Trinajstić information content (AvgIpc) is 2.88. The molecule has 0 N–H and O–H groups in total. The molecule has 37 heavy (non-hydrogen) atoms. The van der Waals surface area contributed by atoms with Crippen molar-refractivity contribution < 1.29 is 26.6 Å². The van der Waals surface area contributed by atoms with Gasteiger partial charge in [-0.3, -0.25) is 0 Å². The standard InChI is InChI=1S/C27H58O6S2Si2/c1-9-19-24(34)25(35)22-26(37(31-13-5,32-14-6)33-15-7)27(20-17-16-18-21-27)23(8)36(28-10-2,29-11-3)30-12-4/h23-26,34-35H,9-22H2,1-8H3. The fourth-order valence-electron chi connectivity index (χ4n) is 6.40. The molecule has 1 saturated carbocycles. The van der Waals surface area contributed by atoms with Crippen molar-refractivity contribution in [2.24, 2.45) is 5.41 Å². The Morgan fingerprint density at radius 3 is 1.41 bits per heavy atom. The second-order valence-corrected chi connectivity index (χ2v) is 17.1. The van der Waals surface area contributed by atoms with Crippen molar-refractivity contribution in [2.75, 3.05) is 39.6 Å². The second kappa shape index (κ2) is 18.4. The van der Waals surface area contributed by atoms with E-state index in [1.54, 1.807) is 0 Å². The van der Waals surface area contributed by atoms with Crippen molar-refractivity contribution in [1.29, 1.82) is 0 Å². The first kappa shape index (κ1) is 35.9. The summed E-state index contributed by atoms with van der Waals surface area (Å²) >= 11 is 10.1. The summed E-state index contributed by atoms with van der Waals surface area (Å²) in [6, 6.07) is 0. The van der Waals surface area contributed by atoms with Crippen LogP contribution in [-0.4, -0.2) is 67.8 Å². The topological polar surface area (TPSA) is 55.4 Å². The zero-order valence-electron chi connectivity index (χ0n) is 25.1. The zero-order chi connectivity index (χ0) is 28.0. The largest absolute Gasteiger partial charge is 0.504 e. The van der Waals surface area contributed by atoms with E-state index in [0.29, 0.717) is 39.6 Å². The molecule has 10 heteroatoms. The van der Waals surface area contributed by atoms with E-state index in [9.17, 15) is 0 Å². The maximum atomic E-state index is 6.66. The maximum absolute atomic E-state index is 6.66. The Kier molecular flexibility index (Phi) is 17.8. The van der Waals surface area contributed by atoms with Crippen LogP contribution in [0.4, 0.5) is 0 Å². The van der Waals surface area contributed by atoms with Gasteiger partial charge in [0.05, 0.1) is 0 Å². The van der Waals surface area contributed by atoms with E-state index < -0.39 is 17.6 Å². The molecule has 0 saturated heterocycles. The number of hydrogen-bond acceptors (Lipinski definition) is 8. The van der Waals surface area contributed by atoms with Crippen LogP contribution in [0.2, 0.25) is 11.1 Å². The highest BCUT2D eigenvalue weighted by atomic mass is 32.1. The van der Waals surface area contributed by atoms with E-state index in [1.165, 1.54) is 6.42 Å². The van der Waals surface area contributed by atoms with Crippen LogP contribution < -0.4 is 0 Å². The predicted molar refractivity (Wildman–Crippen MR) is 165 cm³/mol. The molecular weight excluding hydrogens is 541 g/mol. The Morgan fingerprint density at radius 1 is 0.622 bits per heavy atom. The molecule has 0 aliphatic heterocycles. The fraction of sp³-hybridized carbons (Fsp3) is 1.00. The molecular formula is C27H58O6S2Si2. The summed E-state index contributed by atoms with van der Waals surface area (Å²) in [5.74, 6) is 0. The van der Waals surface area contributed by atoms with Gasteiger partial charge in [-0.1, -0.05) is 39.5 Å². The van der Waals surface area contributed by atoms with Gasteiger partial charge in [0.15, 0.2) is 0 Å². The highest BCUT2D eigenvalue weighted by Crippen LogP contribution is 2.62. The molecule has 4 atom stereocenters. The van der Waals surface area contributed by atoms with E-state index in [4.69, 9.17) is 51.8 Å². The number of hydrogen-bond donors (Lipinski definition) is 2. The average molecular weight is 599 g/mol. The summed E-state index contributed by atoms with van der Waals surface area (Å²) in [4.78, 5) is 0. The Hall–Kier alpha value is 0.894. The third-order valence-corrected chi connectivity index (χ3v) is 16.7. The number of rotatable bonds is 21. The Morgan fingerprint density at radius 2 is 1.03 bits per heavy atom.